The SMILES string of the molecule is Cc1ccc(F)cc1OCc1cc(F)cc(C(N)=S)c1. The van der Waals surface area contributed by atoms with Crippen molar-refractivity contribution in [1.29, 1.82) is 0 Å². The maximum atomic E-state index is 13.4. The predicted octanol–water partition coefficient (Wildman–Crippen LogP) is 3.49. The van der Waals surface area contributed by atoms with Gasteiger partial charge >= 0.3 is 0 Å². The van der Waals surface area contributed by atoms with E-state index in [4.69, 9.17) is 22.7 Å². The van der Waals surface area contributed by atoms with E-state index in [9.17, 15) is 8.78 Å². The summed E-state index contributed by atoms with van der Waals surface area (Å²) < 4.78 is 32.1. The van der Waals surface area contributed by atoms with Crippen LogP contribution in [0.2, 0.25) is 0 Å². The zero-order chi connectivity index (χ0) is 14.7. The van der Waals surface area contributed by atoms with Crippen molar-refractivity contribution in [1.82, 2.24) is 0 Å². The summed E-state index contributed by atoms with van der Waals surface area (Å²) in [5.74, 6) is -0.398. The molecule has 0 aliphatic rings. The highest BCUT2D eigenvalue weighted by Crippen LogP contribution is 2.20. The van der Waals surface area contributed by atoms with Gasteiger partial charge in [-0.2, -0.15) is 0 Å². The van der Waals surface area contributed by atoms with Gasteiger partial charge < -0.3 is 10.5 Å². The van der Waals surface area contributed by atoms with Crippen LogP contribution < -0.4 is 10.5 Å². The lowest BCUT2D eigenvalue weighted by atomic mass is 10.1. The molecule has 0 fully saturated rings. The van der Waals surface area contributed by atoms with Gasteiger partial charge in [0.1, 0.15) is 29.0 Å². The van der Waals surface area contributed by atoms with Gasteiger partial charge in [-0.25, -0.2) is 8.78 Å². The lowest BCUT2D eigenvalue weighted by Gasteiger charge is -2.10. The Morgan fingerprint density at radius 1 is 1.15 bits per heavy atom. The van der Waals surface area contributed by atoms with Crippen molar-refractivity contribution in [2.24, 2.45) is 5.73 Å². The Bertz CT molecular complexity index is 658. The molecular formula is C15H13F2NOS. The van der Waals surface area contributed by atoms with Crippen LogP contribution >= 0.6 is 12.2 Å². The first-order valence-corrected chi connectivity index (χ1v) is 6.35. The summed E-state index contributed by atoms with van der Waals surface area (Å²) in [5, 5.41) is 0. The molecule has 0 radical (unpaired) electrons. The van der Waals surface area contributed by atoms with E-state index in [2.05, 4.69) is 0 Å². The van der Waals surface area contributed by atoms with Crippen LogP contribution in [0.15, 0.2) is 36.4 Å². The number of benzene rings is 2. The Kier molecular flexibility index (Phi) is 4.29. The third-order valence-electron chi connectivity index (χ3n) is 2.79. The zero-order valence-electron chi connectivity index (χ0n) is 10.8. The van der Waals surface area contributed by atoms with Gasteiger partial charge in [-0.15, -0.1) is 0 Å². The van der Waals surface area contributed by atoms with E-state index in [1.54, 1.807) is 19.1 Å². The van der Waals surface area contributed by atoms with Gasteiger partial charge in [0, 0.05) is 11.6 Å². The van der Waals surface area contributed by atoms with Crippen LogP contribution in [0.3, 0.4) is 0 Å². The standard InChI is InChI=1S/C15H13F2NOS/c1-9-2-3-12(16)7-14(9)19-8-10-4-11(15(18)20)6-13(17)5-10/h2-7H,8H2,1H3,(H2,18,20). The average molecular weight is 293 g/mol. The fraction of sp³-hybridized carbons (Fsp3) is 0.133. The molecule has 2 aromatic rings. The van der Waals surface area contributed by atoms with Crippen LogP contribution in [-0.4, -0.2) is 4.99 Å². The third kappa shape index (κ3) is 3.51. The maximum Gasteiger partial charge on any atom is 0.126 e. The van der Waals surface area contributed by atoms with Gasteiger partial charge in [-0.3, -0.25) is 0 Å². The van der Waals surface area contributed by atoms with Crippen molar-refractivity contribution in [3.8, 4) is 5.75 Å². The summed E-state index contributed by atoms with van der Waals surface area (Å²) in [6.07, 6.45) is 0. The lowest BCUT2D eigenvalue weighted by molar-refractivity contribution is 0.302. The number of hydrogen-bond donors (Lipinski definition) is 1. The molecule has 0 aliphatic heterocycles. The topological polar surface area (TPSA) is 35.2 Å². The summed E-state index contributed by atoms with van der Waals surface area (Å²) in [7, 11) is 0. The normalized spacial score (nSPS) is 10.3. The molecular weight excluding hydrogens is 280 g/mol. The first-order valence-electron chi connectivity index (χ1n) is 5.94. The highest BCUT2D eigenvalue weighted by molar-refractivity contribution is 7.80. The first kappa shape index (κ1) is 14.4. The van der Waals surface area contributed by atoms with Crippen LogP contribution in [0, 0.1) is 18.6 Å². The predicted molar refractivity (Wildman–Crippen MR) is 77.8 cm³/mol. The van der Waals surface area contributed by atoms with Gasteiger partial charge in [-0.05, 0) is 42.3 Å². The summed E-state index contributed by atoms with van der Waals surface area (Å²) in [6, 6.07) is 8.52. The highest BCUT2D eigenvalue weighted by Gasteiger charge is 2.06. The largest absolute Gasteiger partial charge is 0.489 e. The molecule has 0 spiro atoms. The molecule has 2 N–H and O–H groups in total. The average Bonchev–Trinajstić information content (AvgIpc) is 2.39. The quantitative estimate of drug-likeness (QED) is 0.877. The summed E-state index contributed by atoms with van der Waals surface area (Å²) in [4.78, 5) is 0.118. The zero-order valence-corrected chi connectivity index (χ0v) is 11.6. The van der Waals surface area contributed by atoms with Gasteiger partial charge in [0.05, 0.1) is 0 Å². The van der Waals surface area contributed by atoms with Crippen LogP contribution in [0.4, 0.5) is 8.78 Å². The van der Waals surface area contributed by atoms with Gasteiger partial charge in [-0.1, -0.05) is 18.3 Å². The number of ether oxygens (including phenoxy) is 1. The molecule has 20 heavy (non-hydrogen) atoms. The summed E-state index contributed by atoms with van der Waals surface area (Å²) >= 11 is 4.82. The molecule has 0 aliphatic carbocycles. The van der Waals surface area contributed by atoms with Gasteiger partial charge in [0.15, 0.2) is 0 Å². The van der Waals surface area contributed by atoms with E-state index >= 15 is 0 Å². The molecule has 0 heterocycles. The Labute approximate surface area is 121 Å². The van der Waals surface area contributed by atoms with Gasteiger partial charge in [0.2, 0.25) is 0 Å². The molecule has 0 saturated carbocycles. The molecule has 5 heteroatoms. The smallest absolute Gasteiger partial charge is 0.126 e. The van der Waals surface area contributed by atoms with Crippen molar-refractivity contribution in [3.05, 3.63) is 64.7 Å². The molecule has 0 bridgehead atoms. The molecule has 104 valence electrons. The second kappa shape index (κ2) is 5.96. The number of aryl methyl sites for hydroxylation is 1. The minimum Gasteiger partial charge on any atom is -0.489 e. The Hall–Kier alpha value is -2.01. The van der Waals surface area contributed by atoms with E-state index in [1.807, 2.05) is 0 Å². The summed E-state index contributed by atoms with van der Waals surface area (Å²) in [6.45, 7) is 1.92. The number of nitrogens with two attached hydrogens (primary N) is 1. The molecule has 2 rings (SSSR count). The maximum absolute atomic E-state index is 13.4. The molecule has 0 aromatic heterocycles. The molecule has 2 aromatic carbocycles. The second-order valence-electron chi connectivity index (χ2n) is 4.41. The molecule has 0 amide bonds. The fourth-order valence-electron chi connectivity index (χ4n) is 1.77. The van der Waals surface area contributed by atoms with Crippen LogP contribution in [0.25, 0.3) is 0 Å². The molecule has 0 unspecified atom stereocenters. The van der Waals surface area contributed by atoms with Crippen molar-refractivity contribution in [3.63, 3.8) is 0 Å². The highest BCUT2D eigenvalue weighted by atomic mass is 32.1. The van der Waals surface area contributed by atoms with Crippen molar-refractivity contribution in [2.45, 2.75) is 13.5 Å². The van der Waals surface area contributed by atoms with Crippen LogP contribution in [0.5, 0.6) is 5.75 Å². The van der Waals surface area contributed by atoms with E-state index in [0.29, 0.717) is 16.9 Å². The fourth-order valence-corrected chi connectivity index (χ4v) is 1.88. The molecule has 2 nitrogen and oxygen atoms in total. The van der Waals surface area contributed by atoms with Crippen molar-refractivity contribution < 1.29 is 13.5 Å². The minimum atomic E-state index is -0.440. The first-order chi connectivity index (χ1) is 9.45. The number of halogens is 2. The van der Waals surface area contributed by atoms with Crippen LogP contribution in [-0.2, 0) is 6.61 Å². The minimum absolute atomic E-state index is 0.109. The Balaban J connectivity index is 2.18. The van der Waals surface area contributed by atoms with Crippen LogP contribution in [0.1, 0.15) is 16.7 Å². The number of rotatable bonds is 4. The Morgan fingerprint density at radius 2 is 1.90 bits per heavy atom. The number of hydrogen-bond acceptors (Lipinski definition) is 2. The third-order valence-corrected chi connectivity index (χ3v) is 3.02. The van der Waals surface area contributed by atoms with Crippen molar-refractivity contribution >= 4 is 17.2 Å². The second-order valence-corrected chi connectivity index (χ2v) is 4.85. The monoisotopic (exact) mass is 293 g/mol. The lowest BCUT2D eigenvalue weighted by Crippen LogP contribution is -2.10. The van der Waals surface area contributed by atoms with E-state index in [-0.39, 0.29) is 17.4 Å². The molecule has 0 atom stereocenters. The molecule has 0 saturated heterocycles. The summed E-state index contributed by atoms with van der Waals surface area (Å²) in [5.41, 5.74) is 7.30. The number of thiocarbonyl (C=S) groups is 1. The van der Waals surface area contributed by atoms with E-state index < -0.39 is 5.82 Å². The van der Waals surface area contributed by atoms with Gasteiger partial charge in [0.25, 0.3) is 0 Å². The van der Waals surface area contributed by atoms with E-state index in [1.165, 1.54) is 24.3 Å². The van der Waals surface area contributed by atoms with E-state index in [0.717, 1.165) is 5.56 Å². The van der Waals surface area contributed by atoms with Crippen molar-refractivity contribution in [2.75, 3.05) is 0 Å². The Morgan fingerprint density at radius 3 is 2.60 bits per heavy atom.